The van der Waals surface area contributed by atoms with E-state index < -0.39 is 6.09 Å². The summed E-state index contributed by atoms with van der Waals surface area (Å²) in [5.41, 5.74) is 6.09. The number of hydrogen-bond acceptors (Lipinski definition) is 4. The van der Waals surface area contributed by atoms with Crippen LogP contribution >= 0.6 is 35.0 Å². The molecule has 0 saturated heterocycles. The van der Waals surface area contributed by atoms with Crippen LogP contribution in [0.4, 0.5) is 4.79 Å². The van der Waals surface area contributed by atoms with Crippen molar-refractivity contribution in [3.63, 3.8) is 0 Å². The fourth-order valence-electron chi connectivity index (χ4n) is 2.67. The summed E-state index contributed by atoms with van der Waals surface area (Å²) in [6.45, 7) is 7.44. The van der Waals surface area contributed by atoms with Gasteiger partial charge in [-0.1, -0.05) is 62.2 Å². The molecule has 0 atom stereocenters. The summed E-state index contributed by atoms with van der Waals surface area (Å²) < 4.78 is 7.12. The molecule has 1 aromatic heterocycles. The molecule has 0 fully saturated rings. The predicted molar refractivity (Wildman–Crippen MR) is 111 cm³/mol. The minimum atomic E-state index is -0.770. The molecule has 0 saturated carbocycles. The highest BCUT2D eigenvalue weighted by molar-refractivity contribution is 7.99. The Kier molecular flexibility index (Phi) is 8.32. The SMILES string of the molecule is CCCCn1c(CCOC(N)=O)nc(C(C)C)c1Sc1cc(Cl)cc(Cl)c1. The lowest BCUT2D eigenvalue weighted by molar-refractivity contribution is 0.157. The number of carbonyl (C=O) groups is 1. The van der Waals surface area contributed by atoms with Gasteiger partial charge in [0.2, 0.25) is 0 Å². The van der Waals surface area contributed by atoms with Gasteiger partial charge in [-0.2, -0.15) is 0 Å². The summed E-state index contributed by atoms with van der Waals surface area (Å²) in [5, 5.41) is 2.28. The maximum Gasteiger partial charge on any atom is 0.404 e. The highest BCUT2D eigenvalue weighted by atomic mass is 35.5. The minimum Gasteiger partial charge on any atom is -0.449 e. The van der Waals surface area contributed by atoms with Crippen LogP contribution in [-0.2, 0) is 17.7 Å². The Labute approximate surface area is 174 Å². The van der Waals surface area contributed by atoms with Crippen LogP contribution in [0.15, 0.2) is 28.1 Å². The number of amides is 1. The molecule has 148 valence electrons. The Morgan fingerprint density at radius 2 is 1.96 bits per heavy atom. The Morgan fingerprint density at radius 3 is 2.52 bits per heavy atom. The minimum absolute atomic E-state index is 0.211. The van der Waals surface area contributed by atoms with Crippen molar-refractivity contribution < 1.29 is 9.53 Å². The number of benzene rings is 1. The molecule has 0 aliphatic heterocycles. The first-order chi connectivity index (χ1) is 12.8. The number of carbonyl (C=O) groups excluding carboxylic acids is 1. The molecule has 0 aliphatic rings. The van der Waals surface area contributed by atoms with E-state index in [1.807, 2.05) is 12.1 Å². The summed E-state index contributed by atoms with van der Waals surface area (Å²) in [6, 6.07) is 5.52. The van der Waals surface area contributed by atoms with E-state index in [4.69, 9.17) is 38.7 Å². The van der Waals surface area contributed by atoms with E-state index in [9.17, 15) is 4.79 Å². The number of rotatable bonds is 9. The average molecular weight is 430 g/mol. The van der Waals surface area contributed by atoms with Gasteiger partial charge >= 0.3 is 6.09 Å². The lowest BCUT2D eigenvalue weighted by Gasteiger charge is -2.13. The second-order valence-corrected chi connectivity index (χ2v) is 8.44. The van der Waals surface area contributed by atoms with Crippen LogP contribution in [0.25, 0.3) is 0 Å². The normalized spacial score (nSPS) is 11.2. The van der Waals surface area contributed by atoms with E-state index in [0.29, 0.717) is 16.5 Å². The van der Waals surface area contributed by atoms with Gasteiger partial charge in [-0.15, -0.1) is 0 Å². The monoisotopic (exact) mass is 429 g/mol. The molecule has 5 nitrogen and oxygen atoms in total. The number of imidazole rings is 1. The predicted octanol–water partition coefficient (Wildman–Crippen LogP) is 5.90. The number of hydrogen-bond donors (Lipinski definition) is 1. The topological polar surface area (TPSA) is 70.1 Å². The molecule has 2 N–H and O–H groups in total. The highest BCUT2D eigenvalue weighted by Gasteiger charge is 2.20. The maximum atomic E-state index is 10.9. The first-order valence-electron chi connectivity index (χ1n) is 8.97. The van der Waals surface area contributed by atoms with Crippen molar-refractivity contribution in [2.45, 2.75) is 62.4 Å². The number of aromatic nitrogens is 2. The quantitative estimate of drug-likeness (QED) is 0.538. The van der Waals surface area contributed by atoms with Crippen molar-refractivity contribution in [2.24, 2.45) is 5.73 Å². The van der Waals surface area contributed by atoms with Crippen LogP contribution in [0.5, 0.6) is 0 Å². The van der Waals surface area contributed by atoms with Crippen LogP contribution in [-0.4, -0.2) is 22.3 Å². The molecule has 2 aromatic rings. The fraction of sp³-hybridized carbons (Fsp3) is 0.474. The van der Waals surface area contributed by atoms with Crippen molar-refractivity contribution in [1.29, 1.82) is 0 Å². The zero-order valence-electron chi connectivity index (χ0n) is 15.8. The molecule has 0 spiro atoms. The summed E-state index contributed by atoms with van der Waals surface area (Å²) in [6.07, 6.45) is 1.85. The lowest BCUT2D eigenvalue weighted by atomic mass is 10.1. The second-order valence-electron chi connectivity index (χ2n) is 6.50. The summed E-state index contributed by atoms with van der Waals surface area (Å²) in [4.78, 5) is 16.7. The smallest absolute Gasteiger partial charge is 0.404 e. The maximum absolute atomic E-state index is 10.9. The number of nitrogens with zero attached hydrogens (tertiary/aromatic N) is 2. The van der Waals surface area contributed by atoms with Crippen molar-refractivity contribution >= 4 is 41.1 Å². The fourth-order valence-corrected chi connectivity index (χ4v) is 4.61. The molecular weight excluding hydrogens is 405 g/mol. The first-order valence-corrected chi connectivity index (χ1v) is 10.5. The van der Waals surface area contributed by atoms with Crippen molar-refractivity contribution in [1.82, 2.24) is 9.55 Å². The summed E-state index contributed by atoms with van der Waals surface area (Å²) >= 11 is 13.9. The lowest BCUT2D eigenvalue weighted by Crippen LogP contribution is -2.16. The van der Waals surface area contributed by atoms with Crippen LogP contribution in [0, 0.1) is 0 Å². The Hall–Kier alpha value is -1.37. The van der Waals surface area contributed by atoms with Gasteiger partial charge in [-0.25, -0.2) is 9.78 Å². The van der Waals surface area contributed by atoms with Crippen LogP contribution in [0.1, 0.15) is 51.0 Å². The van der Waals surface area contributed by atoms with Crippen molar-refractivity contribution in [3.05, 3.63) is 39.8 Å². The zero-order chi connectivity index (χ0) is 20.0. The van der Waals surface area contributed by atoms with Gasteiger partial charge in [0.1, 0.15) is 17.5 Å². The van der Waals surface area contributed by atoms with E-state index in [2.05, 4.69) is 25.3 Å². The van der Waals surface area contributed by atoms with Gasteiger partial charge in [0.15, 0.2) is 0 Å². The van der Waals surface area contributed by atoms with Gasteiger partial charge in [-0.3, -0.25) is 0 Å². The Bertz CT molecular complexity index is 773. The third kappa shape index (κ3) is 6.33. The number of ether oxygens (including phenoxy) is 1. The number of unbranched alkanes of at least 4 members (excludes halogenated alkanes) is 1. The molecule has 0 radical (unpaired) electrons. The molecule has 0 unspecified atom stereocenters. The Balaban J connectivity index is 2.41. The van der Waals surface area contributed by atoms with E-state index in [0.717, 1.165) is 40.8 Å². The molecule has 1 aromatic carbocycles. The standard InChI is InChI=1S/C19H25Cl2N3O2S/c1-4-5-7-24-16(6-8-26-19(22)25)23-17(12(2)3)18(24)27-15-10-13(20)9-14(21)11-15/h9-12H,4-8H2,1-3H3,(H2,22,25). The van der Waals surface area contributed by atoms with Crippen molar-refractivity contribution in [2.75, 3.05) is 6.61 Å². The van der Waals surface area contributed by atoms with Crippen LogP contribution in [0.3, 0.4) is 0 Å². The molecule has 0 aliphatic carbocycles. The second kappa shape index (κ2) is 10.2. The summed E-state index contributed by atoms with van der Waals surface area (Å²) in [5.74, 6) is 1.14. The largest absolute Gasteiger partial charge is 0.449 e. The summed E-state index contributed by atoms with van der Waals surface area (Å²) in [7, 11) is 0. The zero-order valence-corrected chi connectivity index (χ0v) is 18.1. The van der Waals surface area contributed by atoms with Crippen molar-refractivity contribution in [3.8, 4) is 0 Å². The van der Waals surface area contributed by atoms with Crippen LogP contribution in [0.2, 0.25) is 10.0 Å². The van der Waals surface area contributed by atoms with E-state index >= 15 is 0 Å². The molecule has 1 amide bonds. The van der Waals surface area contributed by atoms with Gasteiger partial charge < -0.3 is 15.0 Å². The number of nitrogens with two attached hydrogens (primary N) is 1. The average Bonchev–Trinajstić information content (AvgIpc) is 2.89. The van der Waals surface area contributed by atoms with Gasteiger partial charge in [0.25, 0.3) is 0 Å². The molecule has 2 rings (SSSR count). The first kappa shape index (κ1) is 21.9. The van der Waals surface area contributed by atoms with Gasteiger partial charge in [-0.05, 0) is 30.5 Å². The van der Waals surface area contributed by atoms with E-state index in [1.54, 1.807) is 17.8 Å². The Morgan fingerprint density at radius 1 is 1.30 bits per heavy atom. The molecule has 0 bridgehead atoms. The van der Waals surface area contributed by atoms with Crippen LogP contribution < -0.4 is 5.73 Å². The van der Waals surface area contributed by atoms with E-state index in [1.165, 1.54) is 0 Å². The molecule has 1 heterocycles. The van der Waals surface area contributed by atoms with Gasteiger partial charge in [0.05, 0.1) is 5.69 Å². The number of halogens is 2. The molecule has 8 heteroatoms. The van der Waals surface area contributed by atoms with E-state index in [-0.39, 0.29) is 12.5 Å². The number of primary amides is 1. The molecular formula is C19H25Cl2N3O2S. The highest BCUT2D eigenvalue weighted by Crippen LogP contribution is 2.37. The van der Waals surface area contributed by atoms with Gasteiger partial charge in [0, 0.05) is 27.9 Å². The third-order valence-electron chi connectivity index (χ3n) is 3.93. The molecule has 27 heavy (non-hydrogen) atoms. The third-order valence-corrected chi connectivity index (χ3v) is 5.46.